The van der Waals surface area contributed by atoms with Gasteiger partial charge in [0.25, 0.3) is 0 Å². The SMILES string of the molecule is COc1ccc([PH+](c2ccccc2)c2ccccc2)cc1.CS(=O)(=O)[O-]. The third-order valence-corrected chi connectivity index (χ3v) is 6.24. The molecule has 3 aromatic rings. The molecule has 0 aliphatic heterocycles. The van der Waals surface area contributed by atoms with Gasteiger partial charge in [-0.15, -0.1) is 0 Å². The molecule has 0 heterocycles. The minimum Gasteiger partial charge on any atom is -0.748 e. The summed E-state index contributed by atoms with van der Waals surface area (Å²) in [5.74, 6) is 0.904. The molecule has 0 unspecified atom stereocenters. The van der Waals surface area contributed by atoms with E-state index in [0.717, 1.165) is 5.75 Å². The summed E-state index contributed by atoms with van der Waals surface area (Å²) in [6, 6.07) is 30.0. The predicted octanol–water partition coefficient (Wildman–Crippen LogP) is 2.35. The molecular formula is C20H21O4PS. The zero-order valence-corrected chi connectivity index (χ0v) is 16.4. The van der Waals surface area contributed by atoms with E-state index < -0.39 is 18.0 Å². The minimum atomic E-state index is -3.92. The summed E-state index contributed by atoms with van der Waals surface area (Å²) >= 11 is 0. The Bertz CT molecular complexity index is 848. The van der Waals surface area contributed by atoms with Crippen LogP contribution in [0, 0.1) is 0 Å². The van der Waals surface area contributed by atoms with E-state index in [1.165, 1.54) is 15.9 Å². The first-order valence-electron chi connectivity index (χ1n) is 7.91. The van der Waals surface area contributed by atoms with E-state index in [9.17, 15) is 0 Å². The van der Waals surface area contributed by atoms with Crippen molar-refractivity contribution in [2.24, 2.45) is 0 Å². The highest BCUT2D eigenvalue weighted by molar-refractivity contribution is 7.84. The van der Waals surface area contributed by atoms with Gasteiger partial charge in [0.15, 0.2) is 0 Å². The van der Waals surface area contributed by atoms with Gasteiger partial charge in [-0.1, -0.05) is 36.4 Å². The second kappa shape index (κ2) is 9.48. The molecule has 0 radical (unpaired) electrons. The zero-order chi connectivity index (χ0) is 19.0. The first-order valence-corrected chi connectivity index (χ1v) is 11.2. The molecule has 0 fully saturated rings. The van der Waals surface area contributed by atoms with E-state index in [1.807, 2.05) is 12.1 Å². The van der Waals surface area contributed by atoms with E-state index in [2.05, 4.69) is 72.8 Å². The van der Waals surface area contributed by atoms with Crippen molar-refractivity contribution in [3.63, 3.8) is 0 Å². The van der Waals surface area contributed by atoms with Gasteiger partial charge in [0.05, 0.1) is 25.1 Å². The van der Waals surface area contributed by atoms with E-state index in [-0.39, 0.29) is 0 Å². The summed E-state index contributed by atoms with van der Waals surface area (Å²) in [5, 5.41) is 4.18. The van der Waals surface area contributed by atoms with Crippen LogP contribution in [0.25, 0.3) is 0 Å². The standard InChI is InChI=1S/C19H17OP.CH4O3S/c1-20-16-12-14-19(15-13-16)21(17-8-4-2-5-9-17)18-10-6-3-7-11-18;1-5(2,3)4/h2-15H,1H3;1H3,(H,2,3,4). The molecule has 136 valence electrons. The molecular weight excluding hydrogens is 367 g/mol. The van der Waals surface area contributed by atoms with Gasteiger partial charge in [0.2, 0.25) is 0 Å². The number of ether oxygens (including phenoxy) is 1. The summed E-state index contributed by atoms with van der Waals surface area (Å²) in [4.78, 5) is 0. The van der Waals surface area contributed by atoms with Gasteiger partial charge in [0, 0.05) is 6.26 Å². The van der Waals surface area contributed by atoms with Crippen molar-refractivity contribution < 1.29 is 17.7 Å². The van der Waals surface area contributed by atoms with Crippen molar-refractivity contribution in [1.82, 2.24) is 0 Å². The lowest BCUT2D eigenvalue weighted by Gasteiger charge is -2.11. The van der Waals surface area contributed by atoms with Crippen LogP contribution in [0.2, 0.25) is 0 Å². The van der Waals surface area contributed by atoms with Crippen molar-refractivity contribution in [1.29, 1.82) is 0 Å². The fraction of sp³-hybridized carbons (Fsp3) is 0.100. The molecule has 4 nitrogen and oxygen atoms in total. The average molecular weight is 388 g/mol. The van der Waals surface area contributed by atoms with Crippen LogP contribution < -0.4 is 20.7 Å². The molecule has 0 atom stereocenters. The van der Waals surface area contributed by atoms with Crippen molar-refractivity contribution in [2.75, 3.05) is 13.4 Å². The number of benzene rings is 3. The lowest BCUT2D eigenvalue weighted by molar-refractivity contribution is 0.415. The summed E-state index contributed by atoms with van der Waals surface area (Å²) in [6.07, 6.45) is 0.604. The van der Waals surface area contributed by atoms with E-state index >= 15 is 0 Å². The van der Waals surface area contributed by atoms with Crippen LogP contribution >= 0.6 is 7.92 Å². The highest BCUT2D eigenvalue weighted by atomic mass is 32.2. The number of methoxy groups -OCH3 is 1. The second-order valence-corrected chi connectivity index (χ2v) is 9.43. The van der Waals surface area contributed by atoms with Gasteiger partial charge in [-0.3, -0.25) is 0 Å². The molecule has 0 aliphatic carbocycles. The fourth-order valence-electron chi connectivity index (χ4n) is 2.47. The van der Waals surface area contributed by atoms with Crippen molar-refractivity contribution in [3.05, 3.63) is 84.9 Å². The maximum Gasteiger partial charge on any atom is 0.119 e. The second-order valence-electron chi connectivity index (χ2n) is 5.54. The third kappa shape index (κ3) is 6.60. The van der Waals surface area contributed by atoms with Crippen LogP contribution in [0.5, 0.6) is 5.75 Å². The molecule has 0 aliphatic rings. The Morgan fingerprint density at radius 2 is 1.08 bits per heavy atom. The predicted molar refractivity (Wildman–Crippen MR) is 109 cm³/mol. The van der Waals surface area contributed by atoms with Crippen LogP contribution in [-0.4, -0.2) is 26.3 Å². The summed E-state index contributed by atoms with van der Waals surface area (Å²) in [5.41, 5.74) is 0. The maximum absolute atomic E-state index is 9.08. The number of rotatable bonds is 4. The van der Waals surface area contributed by atoms with Crippen LogP contribution in [-0.2, 0) is 10.1 Å². The zero-order valence-electron chi connectivity index (χ0n) is 14.6. The Morgan fingerprint density at radius 1 is 0.731 bits per heavy atom. The van der Waals surface area contributed by atoms with E-state index in [0.29, 0.717) is 6.26 Å². The molecule has 0 saturated heterocycles. The Balaban J connectivity index is 0.000000431. The Hall–Kier alpha value is -2.20. The molecule has 0 spiro atoms. The summed E-state index contributed by atoms with van der Waals surface area (Å²) < 4.78 is 32.5. The largest absolute Gasteiger partial charge is 0.748 e. The minimum absolute atomic E-state index is 0.604. The van der Waals surface area contributed by atoms with Gasteiger partial charge < -0.3 is 9.29 Å². The molecule has 3 aromatic carbocycles. The Labute approximate surface area is 156 Å². The first kappa shape index (κ1) is 20.1. The molecule has 6 heteroatoms. The quantitative estimate of drug-likeness (QED) is 0.508. The molecule has 0 bridgehead atoms. The molecule has 0 aromatic heterocycles. The molecule has 0 amide bonds. The first-order chi connectivity index (χ1) is 12.4. The third-order valence-electron chi connectivity index (χ3n) is 3.50. The van der Waals surface area contributed by atoms with Crippen LogP contribution in [0.15, 0.2) is 84.9 Å². The monoisotopic (exact) mass is 388 g/mol. The summed E-state index contributed by atoms with van der Waals surface area (Å²) in [7, 11) is -3.17. The van der Waals surface area contributed by atoms with Crippen LogP contribution in [0.4, 0.5) is 0 Å². The van der Waals surface area contributed by atoms with Crippen molar-refractivity contribution in [3.8, 4) is 5.75 Å². The number of hydrogen-bond donors (Lipinski definition) is 0. The lowest BCUT2D eigenvalue weighted by Crippen LogP contribution is -2.20. The Kier molecular flexibility index (Phi) is 7.34. The molecule has 3 rings (SSSR count). The normalized spacial score (nSPS) is 10.8. The lowest BCUT2D eigenvalue weighted by atomic mass is 10.3. The van der Waals surface area contributed by atoms with Gasteiger partial charge in [0.1, 0.15) is 21.7 Å². The van der Waals surface area contributed by atoms with Gasteiger partial charge in [-0.2, -0.15) is 0 Å². The number of hydrogen-bond acceptors (Lipinski definition) is 4. The van der Waals surface area contributed by atoms with E-state index in [4.69, 9.17) is 17.7 Å². The van der Waals surface area contributed by atoms with Crippen molar-refractivity contribution >= 4 is 34.0 Å². The topological polar surface area (TPSA) is 66.4 Å². The van der Waals surface area contributed by atoms with Gasteiger partial charge >= 0.3 is 0 Å². The highest BCUT2D eigenvalue weighted by Crippen LogP contribution is 2.32. The maximum atomic E-state index is 9.08. The smallest absolute Gasteiger partial charge is 0.119 e. The summed E-state index contributed by atoms with van der Waals surface area (Å²) in [6.45, 7) is 0. The van der Waals surface area contributed by atoms with Crippen LogP contribution in [0.1, 0.15) is 0 Å². The van der Waals surface area contributed by atoms with Crippen LogP contribution in [0.3, 0.4) is 0 Å². The Morgan fingerprint density at radius 3 is 1.42 bits per heavy atom. The van der Waals surface area contributed by atoms with Crippen molar-refractivity contribution in [2.45, 2.75) is 0 Å². The van der Waals surface area contributed by atoms with Gasteiger partial charge in [-0.05, 0) is 48.5 Å². The highest BCUT2D eigenvalue weighted by Gasteiger charge is 2.24. The molecule has 26 heavy (non-hydrogen) atoms. The van der Waals surface area contributed by atoms with Gasteiger partial charge in [-0.25, -0.2) is 8.42 Å². The van der Waals surface area contributed by atoms with E-state index in [1.54, 1.807) is 7.11 Å². The molecule has 0 saturated carbocycles. The molecule has 0 N–H and O–H groups in total. The fourth-order valence-corrected chi connectivity index (χ4v) is 5.02. The average Bonchev–Trinajstić information content (AvgIpc) is 2.63.